The van der Waals surface area contributed by atoms with Gasteiger partial charge in [-0.1, -0.05) is 12.1 Å². The second kappa shape index (κ2) is 8.16. The van der Waals surface area contributed by atoms with Gasteiger partial charge in [-0.2, -0.15) is 0 Å². The molecule has 5 rings (SSSR count). The fourth-order valence-electron chi connectivity index (χ4n) is 3.90. The number of H-pyrrole nitrogens is 1. The van der Waals surface area contributed by atoms with Crippen LogP contribution in [0.2, 0.25) is 0 Å². The van der Waals surface area contributed by atoms with Crippen LogP contribution in [0.4, 0.5) is 5.82 Å². The van der Waals surface area contributed by atoms with E-state index in [4.69, 9.17) is 9.47 Å². The number of ether oxygens (including phenoxy) is 2. The van der Waals surface area contributed by atoms with Crippen LogP contribution in [-0.2, 0) is 0 Å². The Hall–Kier alpha value is -3.58. The number of nitrogens with zero attached hydrogens (tertiary/aromatic N) is 2. The highest BCUT2D eigenvalue weighted by Crippen LogP contribution is 2.37. The van der Waals surface area contributed by atoms with Crippen LogP contribution in [0.3, 0.4) is 0 Å². The Balaban J connectivity index is 1.46. The van der Waals surface area contributed by atoms with Gasteiger partial charge in [0.05, 0.1) is 25.8 Å². The largest absolute Gasteiger partial charge is 0.493 e. The van der Waals surface area contributed by atoms with Crippen molar-refractivity contribution in [2.45, 2.75) is 19.9 Å². The summed E-state index contributed by atoms with van der Waals surface area (Å²) in [5.74, 6) is 2.79. The number of methoxy groups -OCH3 is 2. The molecule has 7 heteroatoms. The van der Waals surface area contributed by atoms with E-state index < -0.39 is 0 Å². The van der Waals surface area contributed by atoms with E-state index in [9.17, 15) is 0 Å². The average molecular weight is 445 g/mol. The molecule has 0 fully saturated rings. The summed E-state index contributed by atoms with van der Waals surface area (Å²) in [7, 11) is 3.26. The summed E-state index contributed by atoms with van der Waals surface area (Å²) < 4.78 is 10.9. The zero-order valence-electron chi connectivity index (χ0n) is 18.4. The molecule has 0 radical (unpaired) electrons. The molecule has 6 nitrogen and oxygen atoms in total. The first-order chi connectivity index (χ1) is 15.6. The quantitative estimate of drug-likeness (QED) is 0.320. The number of hydrogen-bond acceptors (Lipinski definition) is 6. The van der Waals surface area contributed by atoms with E-state index in [0.29, 0.717) is 17.3 Å². The van der Waals surface area contributed by atoms with E-state index >= 15 is 0 Å². The molecule has 0 aliphatic heterocycles. The number of hydrogen-bond donors (Lipinski definition) is 2. The molecule has 1 atom stereocenters. The van der Waals surface area contributed by atoms with Crippen molar-refractivity contribution in [3.05, 3.63) is 65.4 Å². The lowest BCUT2D eigenvalue weighted by Crippen LogP contribution is -2.08. The molecule has 0 spiro atoms. The second-order valence-electron chi connectivity index (χ2n) is 7.69. The zero-order chi connectivity index (χ0) is 22.2. The van der Waals surface area contributed by atoms with Crippen LogP contribution in [-0.4, -0.2) is 29.2 Å². The smallest absolute Gasteiger partial charge is 0.162 e. The minimum atomic E-state index is 0.0774. The van der Waals surface area contributed by atoms with Gasteiger partial charge in [0.25, 0.3) is 0 Å². The van der Waals surface area contributed by atoms with Crippen molar-refractivity contribution in [1.29, 1.82) is 0 Å². The van der Waals surface area contributed by atoms with Crippen LogP contribution < -0.4 is 14.8 Å². The Bertz CT molecular complexity index is 1420. The number of nitrogens with one attached hydrogen (secondary N) is 2. The summed E-state index contributed by atoms with van der Waals surface area (Å²) in [5.41, 5.74) is 3.18. The summed E-state index contributed by atoms with van der Waals surface area (Å²) in [6.07, 6.45) is 1.97. The average Bonchev–Trinajstić information content (AvgIpc) is 3.47. The second-order valence-corrected chi connectivity index (χ2v) is 8.81. The third-order valence-electron chi connectivity index (χ3n) is 5.56. The van der Waals surface area contributed by atoms with Crippen molar-refractivity contribution in [3.8, 4) is 21.9 Å². The first-order valence-electron chi connectivity index (χ1n) is 10.4. The third-order valence-corrected chi connectivity index (χ3v) is 6.88. The van der Waals surface area contributed by atoms with Crippen molar-refractivity contribution < 1.29 is 9.47 Å². The molecule has 2 aromatic carbocycles. The van der Waals surface area contributed by atoms with Gasteiger partial charge in [-0.15, -0.1) is 11.3 Å². The summed E-state index contributed by atoms with van der Waals surface area (Å²) in [6, 6.07) is 16.9. The maximum atomic E-state index is 5.49. The molecule has 0 aliphatic rings. The Morgan fingerprint density at radius 1 is 0.969 bits per heavy atom. The van der Waals surface area contributed by atoms with Gasteiger partial charge >= 0.3 is 0 Å². The van der Waals surface area contributed by atoms with Gasteiger partial charge in [0.15, 0.2) is 11.5 Å². The minimum Gasteiger partial charge on any atom is -0.493 e. The Morgan fingerprint density at radius 2 is 1.78 bits per heavy atom. The highest BCUT2D eigenvalue weighted by Gasteiger charge is 2.16. The molecule has 0 saturated heterocycles. The molecule has 0 unspecified atom stereocenters. The highest BCUT2D eigenvalue weighted by molar-refractivity contribution is 7.15. The van der Waals surface area contributed by atoms with Crippen molar-refractivity contribution in [1.82, 2.24) is 15.0 Å². The number of benzene rings is 2. The Kier molecular flexibility index (Phi) is 5.19. The molecule has 5 aromatic rings. The summed E-state index contributed by atoms with van der Waals surface area (Å²) in [6.45, 7) is 4.04. The first-order valence-corrected chi connectivity index (χ1v) is 11.2. The summed E-state index contributed by atoms with van der Waals surface area (Å²) in [5, 5.41) is 5.70. The van der Waals surface area contributed by atoms with E-state index in [-0.39, 0.29) is 6.04 Å². The van der Waals surface area contributed by atoms with E-state index in [1.54, 1.807) is 25.6 Å². The lowest BCUT2D eigenvalue weighted by atomic mass is 10.1. The summed E-state index contributed by atoms with van der Waals surface area (Å²) >= 11 is 1.78. The molecule has 3 aromatic heterocycles. The standard InChI is InChI=1S/C25H24N4O2S/c1-14(23-7-8-24(32-23)17-6-5-16-9-10-26-19(16)11-17)27-25-18-12-21(30-3)22(31-4)13-20(18)28-15(2)29-25/h5-14,26H,1-4H3,(H,27,28,29)/t14-/m0/s1. The molecule has 32 heavy (non-hydrogen) atoms. The number of aromatic amines is 1. The van der Waals surface area contributed by atoms with Gasteiger partial charge in [-0.25, -0.2) is 9.97 Å². The van der Waals surface area contributed by atoms with Crippen LogP contribution in [0.1, 0.15) is 23.7 Å². The predicted molar refractivity (Wildman–Crippen MR) is 131 cm³/mol. The predicted octanol–water partition coefficient (Wildman–Crippen LogP) is 6.34. The molecule has 3 heterocycles. The number of fused-ring (bicyclic) bond motifs is 2. The van der Waals surface area contributed by atoms with Crippen LogP contribution in [0.25, 0.3) is 32.2 Å². The van der Waals surface area contributed by atoms with Crippen molar-refractivity contribution >= 4 is 39.0 Å². The van der Waals surface area contributed by atoms with Crippen molar-refractivity contribution in [2.24, 2.45) is 0 Å². The van der Waals surface area contributed by atoms with Crippen LogP contribution >= 0.6 is 11.3 Å². The number of rotatable bonds is 6. The Labute approximate surface area is 190 Å². The van der Waals surface area contributed by atoms with Gasteiger partial charge < -0.3 is 19.8 Å². The van der Waals surface area contributed by atoms with Gasteiger partial charge in [-0.05, 0) is 55.1 Å². The number of aromatic nitrogens is 3. The van der Waals surface area contributed by atoms with Gasteiger partial charge in [0, 0.05) is 32.9 Å². The van der Waals surface area contributed by atoms with E-state index in [1.165, 1.54) is 20.7 Å². The lowest BCUT2D eigenvalue weighted by Gasteiger charge is -2.16. The van der Waals surface area contributed by atoms with Crippen LogP contribution in [0.15, 0.2) is 54.7 Å². The third kappa shape index (κ3) is 3.65. The number of anilines is 1. The monoisotopic (exact) mass is 444 g/mol. The molecule has 162 valence electrons. The molecule has 0 saturated carbocycles. The fourth-order valence-corrected chi connectivity index (χ4v) is 4.91. The SMILES string of the molecule is COc1cc2nc(C)nc(N[C@@H](C)c3ccc(-c4ccc5cc[nH]c5c4)s3)c2cc1OC. The minimum absolute atomic E-state index is 0.0774. The van der Waals surface area contributed by atoms with Gasteiger partial charge in [0.2, 0.25) is 0 Å². The fraction of sp³-hybridized carbons (Fsp3) is 0.200. The number of thiophene rings is 1. The molecular formula is C25H24N4O2S. The first kappa shape index (κ1) is 20.3. The van der Waals surface area contributed by atoms with Crippen LogP contribution in [0, 0.1) is 6.92 Å². The number of aryl methyl sites for hydroxylation is 1. The highest BCUT2D eigenvalue weighted by atomic mass is 32.1. The lowest BCUT2D eigenvalue weighted by molar-refractivity contribution is 0.356. The molecule has 0 bridgehead atoms. The zero-order valence-corrected chi connectivity index (χ0v) is 19.2. The van der Waals surface area contributed by atoms with Crippen molar-refractivity contribution in [3.63, 3.8) is 0 Å². The maximum Gasteiger partial charge on any atom is 0.162 e. The van der Waals surface area contributed by atoms with E-state index in [0.717, 1.165) is 22.2 Å². The molecule has 0 aliphatic carbocycles. The Morgan fingerprint density at radius 3 is 2.59 bits per heavy atom. The molecule has 0 amide bonds. The van der Waals surface area contributed by atoms with Crippen molar-refractivity contribution in [2.75, 3.05) is 19.5 Å². The molecule has 2 N–H and O–H groups in total. The van der Waals surface area contributed by atoms with E-state index in [1.807, 2.05) is 25.3 Å². The van der Waals surface area contributed by atoms with Gasteiger partial charge in [-0.3, -0.25) is 0 Å². The molecular weight excluding hydrogens is 420 g/mol. The normalized spacial score (nSPS) is 12.2. The summed E-state index contributed by atoms with van der Waals surface area (Å²) in [4.78, 5) is 15.0. The van der Waals surface area contributed by atoms with Gasteiger partial charge in [0.1, 0.15) is 11.6 Å². The van der Waals surface area contributed by atoms with E-state index in [2.05, 4.69) is 63.6 Å². The maximum absolute atomic E-state index is 5.49. The van der Waals surface area contributed by atoms with Crippen LogP contribution in [0.5, 0.6) is 11.5 Å². The topological polar surface area (TPSA) is 72.1 Å².